The van der Waals surface area contributed by atoms with E-state index in [9.17, 15) is 4.39 Å². The predicted octanol–water partition coefficient (Wildman–Crippen LogP) is 3.70. The summed E-state index contributed by atoms with van der Waals surface area (Å²) < 4.78 is 13.5. The molecule has 1 fully saturated rings. The van der Waals surface area contributed by atoms with Crippen LogP contribution in [-0.4, -0.2) is 21.0 Å². The van der Waals surface area contributed by atoms with Gasteiger partial charge in [-0.05, 0) is 50.5 Å². The van der Waals surface area contributed by atoms with Crippen LogP contribution in [0.3, 0.4) is 0 Å². The Kier molecular flexibility index (Phi) is 5.23. The van der Waals surface area contributed by atoms with Gasteiger partial charge in [-0.25, -0.2) is 4.39 Å². The minimum Gasteiger partial charge on any atom is -0.368 e. The molecule has 128 valence electrons. The lowest BCUT2D eigenvalue weighted by Crippen LogP contribution is -2.24. The lowest BCUT2D eigenvalue weighted by atomic mass is 10.0. The summed E-state index contributed by atoms with van der Waals surface area (Å²) in [6, 6.07) is 10.8. The Morgan fingerprint density at radius 2 is 1.96 bits per heavy atom. The van der Waals surface area contributed by atoms with Crippen molar-refractivity contribution < 1.29 is 4.39 Å². The molecule has 1 aliphatic carbocycles. The van der Waals surface area contributed by atoms with E-state index in [0.29, 0.717) is 17.9 Å². The van der Waals surface area contributed by atoms with Gasteiger partial charge < -0.3 is 11.1 Å². The second kappa shape index (κ2) is 7.55. The highest BCUT2D eigenvalue weighted by atomic mass is 19.1. The fourth-order valence-electron chi connectivity index (χ4n) is 2.91. The Balaban J connectivity index is 1.60. The molecular formula is C18H24FN5. The fourth-order valence-corrected chi connectivity index (χ4v) is 2.91. The number of rotatable bonds is 8. The van der Waals surface area contributed by atoms with Gasteiger partial charge in [0.1, 0.15) is 0 Å². The minimum absolute atomic E-state index is 0.0610. The normalized spacial score (nSPS) is 16.6. The Morgan fingerprint density at radius 1 is 1.21 bits per heavy atom. The summed E-state index contributed by atoms with van der Waals surface area (Å²) in [5.74, 6) is 1.18. The van der Waals surface area contributed by atoms with E-state index in [4.69, 9.17) is 5.73 Å². The molecule has 0 radical (unpaired) electrons. The third-order valence-corrected chi connectivity index (χ3v) is 4.35. The van der Waals surface area contributed by atoms with Gasteiger partial charge >= 0.3 is 0 Å². The molecule has 0 spiro atoms. The van der Waals surface area contributed by atoms with E-state index in [-0.39, 0.29) is 11.8 Å². The molecule has 1 saturated carbocycles. The number of alkyl halides is 1. The summed E-state index contributed by atoms with van der Waals surface area (Å²) in [5.41, 5.74) is 7.02. The number of nitrogens with two attached hydrogens (primary N) is 1. The van der Waals surface area contributed by atoms with Crippen molar-refractivity contribution in [2.45, 2.75) is 51.2 Å². The van der Waals surface area contributed by atoms with E-state index in [2.05, 4.69) is 44.5 Å². The first-order chi connectivity index (χ1) is 11.6. The monoisotopic (exact) mass is 329 g/mol. The molecule has 0 unspecified atom stereocenters. The number of nitrogens with zero attached hydrogens (tertiary/aromatic N) is 3. The lowest BCUT2D eigenvalue weighted by Gasteiger charge is -2.18. The fraction of sp³-hybridized carbons (Fsp3) is 0.500. The van der Waals surface area contributed by atoms with Gasteiger partial charge in [-0.15, -0.1) is 0 Å². The van der Waals surface area contributed by atoms with Gasteiger partial charge in [0, 0.05) is 6.04 Å². The van der Waals surface area contributed by atoms with E-state index in [0.717, 1.165) is 19.3 Å². The average Bonchev–Trinajstić information content (AvgIpc) is 3.39. The minimum atomic E-state index is -1.26. The van der Waals surface area contributed by atoms with E-state index in [1.165, 1.54) is 25.3 Å². The third-order valence-electron chi connectivity index (χ3n) is 4.35. The van der Waals surface area contributed by atoms with Crippen molar-refractivity contribution in [1.29, 1.82) is 0 Å². The Morgan fingerprint density at radius 3 is 2.62 bits per heavy atom. The van der Waals surface area contributed by atoms with Gasteiger partial charge in [-0.3, -0.25) is 0 Å². The summed E-state index contributed by atoms with van der Waals surface area (Å²) in [6.07, 6.45) is 4.36. The van der Waals surface area contributed by atoms with Gasteiger partial charge in [0.25, 0.3) is 0 Å². The number of benzene rings is 1. The Hall–Kier alpha value is -2.24. The van der Waals surface area contributed by atoms with Crippen molar-refractivity contribution in [3.8, 4) is 0 Å². The standard InChI is InChI=1S/C18H24FN5/c1-12(19)16-22-17(20)24-18(23-16)21-15(14-10-11-14)9-5-8-13-6-3-2-4-7-13/h2-4,6-7,12,14-15H,5,8-11H2,1H3,(H3,20,21,22,23,24)/t12-,15-/m1/s1. The first kappa shape index (κ1) is 16.6. The third kappa shape index (κ3) is 4.63. The summed E-state index contributed by atoms with van der Waals surface area (Å²) in [6.45, 7) is 1.40. The maximum atomic E-state index is 13.5. The summed E-state index contributed by atoms with van der Waals surface area (Å²) in [4.78, 5) is 12.1. The van der Waals surface area contributed by atoms with E-state index >= 15 is 0 Å². The molecule has 0 saturated heterocycles. The van der Waals surface area contributed by atoms with Crippen LogP contribution in [0.25, 0.3) is 0 Å². The highest BCUT2D eigenvalue weighted by Gasteiger charge is 2.31. The molecule has 5 nitrogen and oxygen atoms in total. The van der Waals surface area contributed by atoms with Crippen LogP contribution >= 0.6 is 0 Å². The second-order valence-electron chi connectivity index (χ2n) is 6.46. The molecular weight excluding hydrogens is 305 g/mol. The molecule has 2 aromatic rings. The molecule has 3 rings (SSSR count). The number of aryl methyl sites for hydroxylation is 1. The number of halogens is 1. The zero-order valence-electron chi connectivity index (χ0n) is 14.0. The van der Waals surface area contributed by atoms with Crippen LogP contribution in [0.1, 0.15) is 50.2 Å². The summed E-state index contributed by atoms with van der Waals surface area (Å²) >= 11 is 0. The number of anilines is 2. The largest absolute Gasteiger partial charge is 0.368 e. The first-order valence-electron chi connectivity index (χ1n) is 8.58. The van der Waals surface area contributed by atoms with E-state index in [1.807, 2.05) is 6.07 Å². The van der Waals surface area contributed by atoms with Crippen LogP contribution in [-0.2, 0) is 6.42 Å². The molecule has 0 amide bonds. The molecule has 0 bridgehead atoms. The number of hydrogen-bond acceptors (Lipinski definition) is 5. The van der Waals surface area contributed by atoms with E-state index < -0.39 is 6.17 Å². The Labute approximate surface area is 141 Å². The maximum absolute atomic E-state index is 13.5. The lowest BCUT2D eigenvalue weighted by molar-refractivity contribution is 0.356. The molecule has 1 aromatic heterocycles. The Bertz CT molecular complexity index is 658. The predicted molar refractivity (Wildman–Crippen MR) is 93.3 cm³/mol. The molecule has 6 heteroatoms. The number of nitrogen functional groups attached to an aromatic ring is 1. The first-order valence-corrected chi connectivity index (χ1v) is 8.58. The maximum Gasteiger partial charge on any atom is 0.228 e. The van der Waals surface area contributed by atoms with E-state index in [1.54, 1.807) is 0 Å². The molecule has 1 aliphatic rings. The molecule has 24 heavy (non-hydrogen) atoms. The smallest absolute Gasteiger partial charge is 0.228 e. The van der Waals surface area contributed by atoms with Crippen LogP contribution in [0.4, 0.5) is 16.3 Å². The SMILES string of the molecule is C[C@@H](F)c1nc(N)nc(N[C@H](CCCc2ccccc2)C2CC2)n1. The number of nitrogens with one attached hydrogen (secondary N) is 1. The highest BCUT2D eigenvalue weighted by Crippen LogP contribution is 2.36. The van der Waals surface area contributed by atoms with Crippen molar-refractivity contribution in [2.24, 2.45) is 5.92 Å². The van der Waals surface area contributed by atoms with Crippen molar-refractivity contribution in [3.05, 3.63) is 41.7 Å². The molecule has 1 heterocycles. The summed E-state index contributed by atoms with van der Waals surface area (Å²) in [7, 11) is 0. The van der Waals surface area contributed by atoms with Gasteiger partial charge in [-0.1, -0.05) is 30.3 Å². The van der Waals surface area contributed by atoms with Crippen LogP contribution in [0, 0.1) is 5.92 Å². The quantitative estimate of drug-likeness (QED) is 0.772. The number of aromatic nitrogens is 3. The molecule has 3 N–H and O–H groups in total. The molecule has 1 aromatic carbocycles. The molecule has 0 aliphatic heterocycles. The van der Waals surface area contributed by atoms with Crippen molar-refractivity contribution in [3.63, 3.8) is 0 Å². The van der Waals surface area contributed by atoms with Gasteiger partial charge in [0.05, 0.1) is 0 Å². The highest BCUT2D eigenvalue weighted by molar-refractivity contribution is 5.33. The van der Waals surface area contributed by atoms with Crippen molar-refractivity contribution >= 4 is 11.9 Å². The summed E-state index contributed by atoms with van der Waals surface area (Å²) in [5, 5.41) is 3.35. The zero-order valence-corrected chi connectivity index (χ0v) is 14.0. The van der Waals surface area contributed by atoms with Gasteiger partial charge in [-0.2, -0.15) is 15.0 Å². The van der Waals surface area contributed by atoms with Gasteiger partial charge in [0.2, 0.25) is 11.9 Å². The van der Waals surface area contributed by atoms with Crippen LogP contribution in [0.5, 0.6) is 0 Å². The van der Waals surface area contributed by atoms with Gasteiger partial charge in [0.15, 0.2) is 12.0 Å². The van der Waals surface area contributed by atoms with Crippen molar-refractivity contribution in [2.75, 3.05) is 11.1 Å². The average molecular weight is 329 g/mol. The molecule has 2 atom stereocenters. The van der Waals surface area contributed by atoms with Crippen LogP contribution < -0.4 is 11.1 Å². The van der Waals surface area contributed by atoms with Crippen LogP contribution in [0.15, 0.2) is 30.3 Å². The topological polar surface area (TPSA) is 76.7 Å². The second-order valence-corrected chi connectivity index (χ2v) is 6.46. The zero-order chi connectivity index (χ0) is 16.9. The van der Waals surface area contributed by atoms with Crippen molar-refractivity contribution in [1.82, 2.24) is 15.0 Å². The van der Waals surface area contributed by atoms with Crippen LogP contribution in [0.2, 0.25) is 0 Å². The number of hydrogen-bond donors (Lipinski definition) is 2.